The Morgan fingerprint density at radius 1 is 1.11 bits per heavy atom. The van der Waals surface area contributed by atoms with E-state index in [4.69, 9.17) is 4.74 Å². The van der Waals surface area contributed by atoms with Gasteiger partial charge >= 0.3 is 12.1 Å². The Morgan fingerprint density at radius 2 is 1.77 bits per heavy atom. The summed E-state index contributed by atoms with van der Waals surface area (Å²) in [5.41, 5.74) is 4.63. The average Bonchev–Trinajstić information content (AvgIpc) is 3.16. The van der Waals surface area contributed by atoms with Crippen LogP contribution in [0, 0.1) is 0 Å². The molecule has 0 saturated carbocycles. The molecule has 2 aromatic rings. The molecule has 2 aliphatic rings. The fraction of sp³-hybridized carbons (Fsp3) is 0.444. The van der Waals surface area contributed by atoms with E-state index in [9.17, 15) is 19.5 Å². The van der Waals surface area contributed by atoms with E-state index < -0.39 is 12.1 Å². The monoisotopic (exact) mass is 496 g/mol. The SMILES string of the molecule is CCC[C@@H](CC(=O)N1CCSCC1CC(=O)O)NC(=O)OCC1c2ccccc2-c2ccccc21. The molecule has 0 aromatic heterocycles. The summed E-state index contributed by atoms with van der Waals surface area (Å²) >= 11 is 1.67. The van der Waals surface area contributed by atoms with Crippen molar-refractivity contribution in [3.8, 4) is 11.1 Å². The molecular weight excluding hydrogens is 464 g/mol. The van der Waals surface area contributed by atoms with E-state index >= 15 is 0 Å². The zero-order valence-corrected chi connectivity index (χ0v) is 20.8. The Hall–Kier alpha value is -3.00. The topological polar surface area (TPSA) is 95.9 Å². The second kappa shape index (κ2) is 11.6. The Labute approximate surface area is 210 Å². The van der Waals surface area contributed by atoms with Crippen molar-refractivity contribution in [1.82, 2.24) is 10.2 Å². The second-order valence-electron chi connectivity index (χ2n) is 9.07. The van der Waals surface area contributed by atoms with Gasteiger partial charge in [-0.2, -0.15) is 11.8 Å². The molecule has 2 N–H and O–H groups in total. The van der Waals surface area contributed by atoms with E-state index in [0.717, 1.165) is 23.3 Å². The predicted octanol–water partition coefficient (Wildman–Crippen LogP) is 4.50. The lowest BCUT2D eigenvalue weighted by atomic mass is 9.98. The van der Waals surface area contributed by atoms with Gasteiger partial charge in [0.15, 0.2) is 0 Å². The number of aliphatic carboxylic acids is 1. The molecule has 1 saturated heterocycles. The largest absolute Gasteiger partial charge is 0.481 e. The Bertz CT molecular complexity index is 1030. The van der Waals surface area contributed by atoms with Crippen molar-refractivity contribution in [3.05, 3.63) is 59.7 Å². The summed E-state index contributed by atoms with van der Waals surface area (Å²) in [6.45, 7) is 2.75. The van der Waals surface area contributed by atoms with Gasteiger partial charge in [-0.3, -0.25) is 9.59 Å². The molecule has 2 amide bonds. The van der Waals surface area contributed by atoms with E-state index in [1.165, 1.54) is 11.1 Å². The Kier molecular flexibility index (Phi) is 8.33. The first-order chi connectivity index (χ1) is 17.0. The van der Waals surface area contributed by atoms with Crippen molar-refractivity contribution >= 4 is 29.7 Å². The van der Waals surface area contributed by atoms with E-state index in [1.807, 2.05) is 31.2 Å². The highest BCUT2D eigenvalue weighted by molar-refractivity contribution is 7.99. The first kappa shape index (κ1) is 25.1. The number of carbonyl (C=O) groups is 3. The molecular formula is C27H32N2O5S. The van der Waals surface area contributed by atoms with Gasteiger partial charge in [-0.05, 0) is 28.7 Å². The van der Waals surface area contributed by atoms with Crippen molar-refractivity contribution in [2.75, 3.05) is 24.7 Å². The van der Waals surface area contributed by atoms with Gasteiger partial charge in [-0.25, -0.2) is 4.79 Å². The van der Waals surface area contributed by atoms with Gasteiger partial charge in [0, 0.05) is 36.4 Å². The maximum Gasteiger partial charge on any atom is 0.407 e. The number of hydrogen-bond donors (Lipinski definition) is 2. The number of alkyl carbamates (subject to hydrolysis) is 1. The number of hydrogen-bond acceptors (Lipinski definition) is 5. The zero-order valence-electron chi connectivity index (χ0n) is 19.9. The standard InChI is InChI=1S/C27H32N2O5S/c1-2-7-18(14-25(30)29-12-13-35-17-19(29)15-26(31)32)28-27(33)34-16-24-22-10-5-3-8-20(22)21-9-4-6-11-23(21)24/h3-6,8-11,18-19,24H,2,7,12-17H2,1H3,(H,28,33)(H,31,32)/t18-,19?/m0/s1. The van der Waals surface area contributed by atoms with Gasteiger partial charge in [0.25, 0.3) is 0 Å². The summed E-state index contributed by atoms with van der Waals surface area (Å²) in [6, 6.07) is 15.7. The minimum atomic E-state index is -0.905. The molecule has 2 atom stereocenters. The molecule has 1 fully saturated rings. The number of carboxylic acid groups (broad SMARTS) is 1. The number of benzene rings is 2. The highest BCUT2D eigenvalue weighted by atomic mass is 32.2. The number of nitrogens with zero attached hydrogens (tertiary/aromatic N) is 1. The molecule has 8 heteroatoms. The maximum absolute atomic E-state index is 13.0. The molecule has 1 aliphatic heterocycles. The number of carboxylic acids is 1. The summed E-state index contributed by atoms with van der Waals surface area (Å²) in [6.07, 6.45) is 0.989. The van der Waals surface area contributed by atoms with Crippen LogP contribution in [0.3, 0.4) is 0 Å². The smallest absolute Gasteiger partial charge is 0.407 e. The fourth-order valence-electron chi connectivity index (χ4n) is 5.06. The Balaban J connectivity index is 1.36. The number of carbonyl (C=O) groups excluding carboxylic acids is 2. The molecule has 1 aliphatic carbocycles. The minimum Gasteiger partial charge on any atom is -0.481 e. The van der Waals surface area contributed by atoms with Crippen molar-refractivity contribution in [1.29, 1.82) is 0 Å². The molecule has 186 valence electrons. The van der Waals surface area contributed by atoms with Crippen LogP contribution in [0.1, 0.15) is 49.7 Å². The number of nitrogens with one attached hydrogen (secondary N) is 1. The highest BCUT2D eigenvalue weighted by Crippen LogP contribution is 2.44. The summed E-state index contributed by atoms with van der Waals surface area (Å²) < 4.78 is 5.66. The van der Waals surface area contributed by atoms with Crippen molar-refractivity contribution in [2.24, 2.45) is 0 Å². The van der Waals surface area contributed by atoms with Crippen LogP contribution < -0.4 is 5.32 Å². The quantitative estimate of drug-likeness (QED) is 0.531. The van der Waals surface area contributed by atoms with Crippen LogP contribution in [-0.4, -0.2) is 64.7 Å². The van der Waals surface area contributed by atoms with Crippen molar-refractivity contribution in [3.63, 3.8) is 0 Å². The second-order valence-corrected chi connectivity index (χ2v) is 10.2. The number of fused-ring (bicyclic) bond motifs is 3. The maximum atomic E-state index is 13.0. The average molecular weight is 497 g/mol. The van der Waals surface area contributed by atoms with Crippen LogP contribution >= 0.6 is 11.8 Å². The third-order valence-electron chi connectivity index (χ3n) is 6.68. The summed E-state index contributed by atoms with van der Waals surface area (Å²) in [4.78, 5) is 38.7. The van der Waals surface area contributed by atoms with Gasteiger partial charge in [0.2, 0.25) is 5.91 Å². The molecule has 4 rings (SSSR count). The normalized spacial score (nSPS) is 17.9. The number of rotatable bonds is 9. The summed E-state index contributed by atoms with van der Waals surface area (Å²) in [7, 11) is 0. The van der Waals surface area contributed by atoms with Gasteiger partial charge < -0.3 is 20.1 Å². The molecule has 0 radical (unpaired) electrons. The first-order valence-electron chi connectivity index (χ1n) is 12.2. The Morgan fingerprint density at radius 3 is 2.40 bits per heavy atom. The molecule has 2 aromatic carbocycles. The van der Waals surface area contributed by atoms with Gasteiger partial charge in [0.05, 0.1) is 12.5 Å². The first-order valence-corrected chi connectivity index (χ1v) is 13.3. The number of thioether (sulfide) groups is 1. The third kappa shape index (κ3) is 5.99. The third-order valence-corrected chi connectivity index (χ3v) is 7.77. The number of ether oxygens (including phenoxy) is 1. The van der Waals surface area contributed by atoms with Crippen molar-refractivity contribution in [2.45, 2.75) is 50.6 Å². The predicted molar refractivity (Wildman–Crippen MR) is 137 cm³/mol. The van der Waals surface area contributed by atoms with E-state index in [0.29, 0.717) is 18.7 Å². The van der Waals surface area contributed by atoms with E-state index in [-0.39, 0.29) is 43.4 Å². The fourth-order valence-corrected chi connectivity index (χ4v) is 6.12. The van der Waals surface area contributed by atoms with Crippen molar-refractivity contribution < 1.29 is 24.2 Å². The lowest BCUT2D eigenvalue weighted by Crippen LogP contribution is -2.49. The molecule has 0 spiro atoms. The zero-order chi connectivity index (χ0) is 24.8. The minimum absolute atomic E-state index is 0.0259. The summed E-state index contributed by atoms with van der Waals surface area (Å²) in [5.74, 6) is 0.365. The molecule has 1 heterocycles. The molecule has 1 unspecified atom stereocenters. The van der Waals surface area contributed by atoms with Crippen LogP contribution in [0.5, 0.6) is 0 Å². The van der Waals surface area contributed by atoms with Crippen LogP contribution in [0.4, 0.5) is 4.79 Å². The van der Waals surface area contributed by atoms with Gasteiger partial charge in [-0.1, -0.05) is 61.9 Å². The van der Waals surface area contributed by atoms with Crippen LogP contribution in [0.2, 0.25) is 0 Å². The van der Waals surface area contributed by atoms with Crippen LogP contribution in [-0.2, 0) is 14.3 Å². The van der Waals surface area contributed by atoms with Crippen LogP contribution in [0.15, 0.2) is 48.5 Å². The molecule has 7 nitrogen and oxygen atoms in total. The lowest BCUT2D eigenvalue weighted by molar-refractivity contribution is -0.140. The summed E-state index contributed by atoms with van der Waals surface area (Å²) in [5, 5.41) is 12.1. The number of amides is 2. The van der Waals surface area contributed by atoms with E-state index in [1.54, 1.807) is 16.7 Å². The highest BCUT2D eigenvalue weighted by Gasteiger charge is 2.31. The lowest BCUT2D eigenvalue weighted by Gasteiger charge is -2.35. The van der Waals surface area contributed by atoms with E-state index in [2.05, 4.69) is 29.6 Å². The molecule has 35 heavy (non-hydrogen) atoms. The van der Waals surface area contributed by atoms with Crippen LogP contribution in [0.25, 0.3) is 11.1 Å². The van der Waals surface area contributed by atoms with Gasteiger partial charge in [0.1, 0.15) is 6.61 Å². The molecule has 0 bridgehead atoms. The van der Waals surface area contributed by atoms with Gasteiger partial charge in [-0.15, -0.1) is 0 Å².